The predicted molar refractivity (Wildman–Crippen MR) is 39.4 cm³/mol. The van der Waals surface area contributed by atoms with Crippen LogP contribution in [0.15, 0.2) is 11.5 Å². The molecule has 2 aliphatic carbocycles. The zero-order chi connectivity index (χ0) is 6.32. The van der Waals surface area contributed by atoms with Crippen LogP contribution in [0.5, 0.6) is 0 Å². The van der Waals surface area contributed by atoms with Gasteiger partial charge in [-0.1, -0.05) is 6.08 Å². The van der Waals surface area contributed by atoms with E-state index in [0.29, 0.717) is 0 Å². The molecule has 0 aromatic heterocycles. The van der Waals surface area contributed by atoms with Crippen molar-refractivity contribution >= 4 is 7.85 Å². The standard InChI is InChI=1S/C8H11B/c9-7-1-3-8(4-2-7)5-6-8/h1H,2-6H2. The van der Waals surface area contributed by atoms with Crippen LogP contribution in [0.3, 0.4) is 0 Å². The first-order valence-corrected chi connectivity index (χ1v) is 3.75. The Bertz CT molecular complexity index is 154. The Labute approximate surface area is 57.7 Å². The molecule has 1 spiro atoms. The molecule has 0 aliphatic heterocycles. The summed E-state index contributed by atoms with van der Waals surface area (Å²) in [5.41, 5.74) is 1.87. The van der Waals surface area contributed by atoms with Crippen LogP contribution in [-0.2, 0) is 0 Å². The molecule has 46 valence electrons. The first-order chi connectivity index (χ1) is 4.31. The average molecular weight is 118 g/mol. The highest BCUT2D eigenvalue weighted by molar-refractivity contribution is 6.21. The van der Waals surface area contributed by atoms with Crippen molar-refractivity contribution in [1.29, 1.82) is 0 Å². The highest BCUT2D eigenvalue weighted by Gasteiger charge is 2.41. The maximum atomic E-state index is 5.64. The van der Waals surface area contributed by atoms with Gasteiger partial charge < -0.3 is 0 Å². The Hall–Kier alpha value is -0.195. The summed E-state index contributed by atoms with van der Waals surface area (Å²) in [5.74, 6) is 0. The van der Waals surface area contributed by atoms with Crippen molar-refractivity contribution in [2.75, 3.05) is 0 Å². The molecule has 0 unspecified atom stereocenters. The molecule has 1 saturated carbocycles. The fourth-order valence-corrected chi connectivity index (χ4v) is 1.59. The van der Waals surface area contributed by atoms with Crippen molar-refractivity contribution in [3.05, 3.63) is 11.5 Å². The summed E-state index contributed by atoms with van der Waals surface area (Å²) in [6.45, 7) is 0. The van der Waals surface area contributed by atoms with Gasteiger partial charge in [0.05, 0.1) is 0 Å². The highest BCUT2D eigenvalue weighted by Crippen LogP contribution is 2.55. The van der Waals surface area contributed by atoms with Gasteiger partial charge in [0.2, 0.25) is 0 Å². The van der Waals surface area contributed by atoms with Gasteiger partial charge in [-0.25, -0.2) is 0 Å². The van der Waals surface area contributed by atoms with E-state index in [-0.39, 0.29) is 0 Å². The van der Waals surface area contributed by atoms with Gasteiger partial charge in [0.1, 0.15) is 7.85 Å². The summed E-state index contributed by atoms with van der Waals surface area (Å²) in [4.78, 5) is 0. The fraction of sp³-hybridized carbons (Fsp3) is 0.750. The molecule has 9 heavy (non-hydrogen) atoms. The van der Waals surface area contributed by atoms with Crippen LogP contribution in [-0.4, -0.2) is 7.85 Å². The molecule has 0 atom stereocenters. The van der Waals surface area contributed by atoms with E-state index in [0.717, 1.165) is 17.3 Å². The van der Waals surface area contributed by atoms with Gasteiger partial charge in [-0.05, 0) is 37.5 Å². The van der Waals surface area contributed by atoms with Crippen LogP contribution in [0.25, 0.3) is 0 Å². The molecule has 0 nitrogen and oxygen atoms in total. The fourth-order valence-electron chi connectivity index (χ4n) is 1.59. The monoisotopic (exact) mass is 118 g/mol. The first-order valence-electron chi connectivity index (χ1n) is 3.75. The summed E-state index contributed by atoms with van der Waals surface area (Å²) < 4.78 is 0. The van der Waals surface area contributed by atoms with Crippen LogP contribution >= 0.6 is 0 Å². The average Bonchev–Trinajstić information content (AvgIpc) is 2.60. The van der Waals surface area contributed by atoms with E-state index >= 15 is 0 Å². The van der Waals surface area contributed by atoms with E-state index in [1.54, 1.807) is 0 Å². The van der Waals surface area contributed by atoms with Crippen molar-refractivity contribution in [3.63, 3.8) is 0 Å². The second-order valence-electron chi connectivity index (χ2n) is 3.48. The minimum absolute atomic E-state index is 0.753. The minimum Gasteiger partial charge on any atom is -0.122 e. The Morgan fingerprint density at radius 3 is 2.56 bits per heavy atom. The van der Waals surface area contributed by atoms with E-state index in [9.17, 15) is 0 Å². The lowest BCUT2D eigenvalue weighted by Crippen LogP contribution is -2.05. The quantitative estimate of drug-likeness (QED) is 0.426. The second-order valence-corrected chi connectivity index (χ2v) is 3.48. The minimum atomic E-state index is 0.753. The third kappa shape index (κ3) is 0.931. The van der Waals surface area contributed by atoms with Gasteiger partial charge in [-0.2, -0.15) is 0 Å². The van der Waals surface area contributed by atoms with Crippen LogP contribution in [0, 0.1) is 5.41 Å². The van der Waals surface area contributed by atoms with E-state index in [1.165, 1.54) is 25.7 Å². The van der Waals surface area contributed by atoms with Gasteiger partial charge in [0.15, 0.2) is 0 Å². The number of hydrogen-bond donors (Lipinski definition) is 0. The molecule has 0 bridgehead atoms. The second kappa shape index (κ2) is 1.65. The normalized spacial score (nSPS) is 30.0. The lowest BCUT2D eigenvalue weighted by molar-refractivity contribution is 0.457. The summed E-state index contributed by atoms with van der Waals surface area (Å²) in [6.07, 6.45) is 8.90. The van der Waals surface area contributed by atoms with E-state index in [2.05, 4.69) is 6.08 Å². The maximum absolute atomic E-state index is 5.64. The summed E-state index contributed by atoms with van der Waals surface area (Å²) in [7, 11) is 5.64. The molecule has 1 fully saturated rings. The van der Waals surface area contributed by atoms with E-state index < -0.39 is 0 Å². The third-order valence-corrected chi connectivity index (χ3v) is 2.70. The molecule has 0 saturated heterocycles. The first kappa shape index (κ1) is 5.58. The third-order valence-electron chi connectivity index (χ3n) is 2.70. The molecule has 1 heteroatoms. The number of hydrogen-bond acceptors (Lipinski definition) is 0. The van der Waals surface area contributed by atoms with E-state index in [4.69, 9.17) is 7.85 Å². The topological polar surface area (TPSA) is 0 Å². The number of allylic oxidation sites excluding steroid dienone is 2. The van der Waals surface area contributed by atoms with Crippen molar-refractivity contribution in [3.8, 4) is 0 Å². The molecule has 0 N–H and O–H groups in total. The van der Waals surface area contributed by atoms with Gasteiger partial charge in [0, 0.05) is 0 Å². The Balaban J connectivity index is 2.07. The molecule has 0 aromatic carbocycles. The van der Waals surface area contributed by atoms with Gasteiger partial charge in [0.25, 0.3) is 0 Å². The van der Waals surface area contributed by atoms with Gasteiger partial charge >= 0.3 is 0 Å². The van der Waals surface area contributed by atoms with Gasteiger partial charge in [-0.3, -0.25) is 0 Å². The van der Waals surface area contributed by atoms with Crippen molar-refractivity contribution in [1.82, 2.24) is 0 Å². The molecule has 2 rings (SSSR count). The lowest BCUT2D eigenvalue weighted by atomic mass is 9.79. The molecule has 0 heterocycles. The molecule has 0 amide bonds. The smallest absolute Gasteiger partial charge is 0.107 e. The summed E-state index contributed by atoms with van der Waals surface area (Å²) in [5, 5.41) is 0. The van der Waals surface area contributed by atoms with Crippen LogP contribution in [0.4, 0.5) is 0 Å². The molecule has 2 aliphatic rings. The van der Waals surface area contributed by atoms with Crippen molar-refractivity contribution in [2.45, 2.75) is 32.1 Å². The largest absolute Gasteiger partial charge is 0.122 e. The zero-order valence-corrected chi connectivity index (χ0v) is 5.69. The summed E-state index contributed by atoms with van der Waals surface area (Å²) >= 11 is 0. The van der Waals surface area contributed by atoms with Crippen molar-refractivity contribution < 1.29 is 0 Å². The summed E-state index contributed by atoms with van der Waals surface area (Å²) in [6, 6.07) is 0. The molecular weight excluding hydrogens is 107 g/mol. The highest BCUT2D eigenvalue weighted by atomic mass is 14.5. The van der Waals surface area contributed by atoms with Crippen LogP contribution in [0.2, 0.25) is 0 Å². The van der Waals surface area contributed by atoms with E-state index in [1.807, 2.05) is 0 Å². The molecule has 0 aromatic rings. The van der Waals surface area contributed by atoms with Crippen molar-refractivity contribution in [2.24, 2.45) is 5.41 Å². The number of rotatable bonds is 0. The maximum Gasteiger partial charge on any atom is 0.107 e. The molecular formula is C8H11B. The van der Waals surface area contributed by atoms with Crippen LogP contribution < -0.4 is 0 Å². The van der Waals surface area contributed by atoms with Crippen LogP contribution in [0.1, 0.15) is 32.1 Å². The molecule has 2 radical (unpaired) electrons. The Morgan fingerprint density at radius 2 is 2.11 bits per heavy atom. The predicted octanol–water partition coefficient (Wildman–Crippen LogP) is 2.00. The Kier molecular flexibility index (Phi) is 1.02. The zero-order valence-electron chi connectivity index (χ0n) is 5.69. The van der Waals surface area contributed by atoms with Gasteiger partial charge in [-0.15, -0.1) is 5.47 Å². The SMILES string of the molecule is [B]C1=CCC2(CC1)CC2. The Morgan fingerprint density at radius 1 is 1.33 bits per heavy atom. The lowest BCUT2D eigenvalue weighted by Gasteiger charge is -2.18.